The van der Waals surface area contributed by atoms with Crippen LogP contribution in [0.5, 0.6) is 0 Å². The van der Waals surface area contributed by atoms with E-state index in [4.69, 9.17) is 0 Å². The first kappa shape index (κ1) is 13.5. The number of likely N-dealkylation sites (N-methyl/N-ethyl adjacent to an activating group) is 1. The third-order valence-corrected chi connectivity index (χ3v) is 4.57. The maximum atomic E-state index is 11.9. The average Bonchev–Trinajstić information content (AvgIpc) is 2.77. The smallest absolute Gasteiger partial charge is 0.252 e. The fourth-order valence-corrected chi connectivity index (χ4v) is 3.05. The molecule has 1 aromatic rings. The second-order valence-corrected chi connectivity index (χ2v) is 6.80. The van der Waals surface area contributed by atoms with Crippen molar-refractivity contribution >= 4 is 51.6 Å². The minimum absolute atomic E-state index is 0.199. The summed E-state index contributed by atoms with van der Waals surface area (Å²) in [4.78, 5) is 36.1. The van der Waals surface area contributed by atoms with Crippen LogP contribution in [0.15, 0.2) is 11.4 Å². The molecule has 0 radical (unpaired) electrons. The fourth-order valence-electron chi connectivity index (χ4n) is 1.72. The Bertz CT molecular complexity index is 514. The van der Waals surface area contributed by atoms with E-state index >= 15 is 0 Å². The molecule has 1 aromatic heterocycles. The molecule has 5 nitrogen and oxygen atoms in total. The number of likely N-dealkylation sites (tertiary alicyclic amines) is 1. The van der Waals surface area contributed by atoms with Gasteiger partial charge in [0.05, 0.1) is 8.45 Å². The lowest BCUT2D eigenvalue weighted by molar-refractivity contribution is -0.147. The minimum Gasteiger partial charge on any atom is -0.340 e. The molecule has 2 rings (SSSR count). The third-order valence-electron chi connectivity index (χ3n) is 2.78. The maximum Gasteiger partial charge on any atom is 0.252 e. The molecule has 2 heterocycles. The van der Waals surface area contributed by atoms with Gasteiger partial charge in [0.1, 0.15) is 6.04 Å². The molecule has 1 atom stereocenters. The first-order valence-electron chi connectivity index (χ1n) is 5.34. The summed E-state index contributed by atoms with van der Waals surface area (Å²) in [5, 5.41) is 4.42. The second-order valence-electron chi connectivity index (χ2n) is 4.00. The lowest BCUT2D eigenvalue weighted by Crippen LogP contribution is -2.52. The van der Waals surface area contributed by atoms with E-state index in [0.717, 1.165) is 7.78 Å². The van der Waals surface area contributed by atoms with Gasteiger partial charge in [-0.2, -0.15) is 0 Å². The zero-order chi connectivity index (χ0) is 13.3. The van der Waals surface area contributed by atoms with Gasteiger partial charge < -0.3 is 5.32 Å². The van der Waals surface area contributed by atoms with Crippen LogP contribution in [0, 0.1) is 2.88 Å². The topological polar surface area (TPSA) is 66.5 Å². The zero-order valence-electron chi connectivity index (χ0n) is 9.60. The number of carbonyl (C=O) groups is 3. The van der Waals surface area contributed by atoms with Crippen LogP contribution in [0.4, 0.5) is 0 Å². The van der Waals surface area contributed by atoms with E-state index in [1.165, 1.54) is 18.4 Å². The third kappa shape index (κ3) is 2.72. The van der Waals surface area contributed by atoms with Gasteiger partial charge in [0.15, 0.2) is 0 Å². The Hall–Kier alpha value is -0.960. The summed E-state index contributed by atoms with van der Waals surface area (Å²) in [6.07, 6.45) is 0.656. The number of imide groups is 1. The van der Waals surface area contributed by atoms with Gasteiger partial charge in [-0.05, 0) is 35.1 Å². The molecule has 0 aromatic carbocycles. The van der Waals surface area contributed by atoms with E-state index in [9.17, 15) is 14.4 Å². The van der Waals surface area contributed by atoms with Gasteiger partial charge in [0.25, 0.3) is 11.8 Å². The van der Waals surface area contributed by atoms with Crippen LogP contribution < -0.4 is 5.32 Å². The quantitative estimate of drug-likeness (QED) is 0.622. The normalized spacial score (nSPS) is 20.1. The SMILES string of the molecule is CN1C(=O)CCC(NC(=O)c2csc(I)c2)C1=O. The van der Waals surface area contributed by atoms with Crippen LogP contribution in [0.3, 0.4) is 0 Å². The molecule has 0 bridgehead atoms. The van der Waals surface area contributed by atoms with E-state index in [2.05, 4.69) is 27.9 Å². The highest BCUT2D eigenvalue weighted by Crippen LogP contribution is 2.17. The standard InChI is InChI=1S/C11H11IN2O3S/c1-14-9(15)3-2-7(11(14)17)13-10(16)6-4-8(12)18-5-6/h4-5,7H,2-3H2,1H3,(H,13,16). The van der Waals surface area contributed by atoms with Crippen molar-refractivity contribution < 1.29 is 14.4 Å². The Morgan fingerprint density at radius 3 is 2.89 bits per heavy atom. The summed E-state index contributed by atoms with van der Waals surface area (Å²) in [7, 11) is 1.44. The van der Waals surface area contributed by atoms with E-state index in [0.29, 0.717) is 12.0 Å². The van der Waals surface area contributed by atoms with E-state index in [1.54, 1.807) is 11.4 Å². The molecule has 1 aliphatic heterocycles. The van der Waals surface area contributed by atoms with Crippen molar-refractivity contribution in [2.24, 2.45) is 0 Å². The number of thiophene rings is 1. The average molecular weight is 378 g/mol. The van der Waals surface area contributed by atoms with Crippen molar-refractivity contribution in [2.45, 2.75) is 18.9 Å². The minimum atomic E-state index is -0.599. The summed E-state index contributed by atoms with van der Waals surface area (Å²) < 4.78 is 1.01. The number of nitrogens with zero attached hydrogens (tertiary/aromatic N) is 1. The first-order chi connectivity index (χ1) is 8.49. The molecule has 1 N–H and O–H groups in total. The van der Waals surface area contributed by atoms with Gasteiger partial charge in [0.2, 0.25) is 5.91 Å². The molecule has 0 spiro atoms. The van der Waals surface area contributed by atoms with E-state index in [-0.39, 0.29) is 24.1 Å². The number of hydrogen-bond donors (Lipinski definition) is 1. The van der Waals surface area contributed by atoms with Crippen molar-refractivity contribution in [3.63, 3.8) is 0 Å². The van der Waals surface area contributed by atoms with Gasteiger partial charge in [-0.25, -0.2) is 0 Å². The largest absolute Gasteiger partial charge is 0.340 e. The predicted octanol–water partition coefficient (Wildman–Crippen LogP) is 1.23. The number of carbonyl (C=O) groups excluding carboxylic acids is 3. The molecule has 1 saturated heterocycles. The molecular weight excluding hydrogens is 367 g/mol. The van der Waals surface area contributed by atoms with Gasteiger partial charge in [0, 0.05) is 18.8 Å². The molecule has 1 fully saturated rings. The number of piperidine rings is 1. The van der Waals surface area contributed by atoms with Crippen LogP contribution in [-0.2, 0) is 9.59 Å². The Kier molecular flexibility index (Phi) is 4.00. The van der Waals surface area contributed by atoms with Crippen LogP contribution in [0.1, 0.15) is 23.2 Å². The second kappa shape index (κ2) is 5.35. The van der Waals surface area contributed by atoms with Crippen molar-refractivity contribution in [2.75, 3.05) is 7.05 Å². The van der Waals surface area contributed by atoms with Crippen molar-refractivity contribution in [1.29, 1.82) is 0 Å². The monoisotopic (exact) mass is 378 g/mol. The summed E-state index contributed by atoms with van der Waals surface area (Å²) in [5.74, 6) is -0.810. The molecule has 1 aliphatic rings. The summed E-state index contributed by atoms with van der Waals surface area (Å²) in [6.45, 7) is 0. The number of rotatable bonds is 2. The van der Waals surface area contributed by atoms with Gasteiger partial charge in [-0.3, -0.25) is 19.3 Å². The highest BCUT2D eigenvalue weighted by atomic mass is 127. The Morgan fingerprint density at radius 1 is 1.56 bits per heavy atom. The highest BCUT2D eigenvalue weighted by molar-refractivity contribution is 14.1. The highest BCUT2D eigenvalue weighted by Gasteiger charge is 2.32. The molecule has 0 aliphatic carbocycles. The van der Waals surface area contributed by atoms with Gasteiger partial charge in [-0.1, -0.05) is 0 Å². The fraction of sp³-hybridized carbons (Fsp3) is 0.364. The first-order valence-corrected chi connectivity index (χ1v) is 7.30. The van der Waals surface area contributed by atoms with Crippen molar-refractivity contribution in [1.82, 2.24) is 10.2 Å². The molecule has 18 heavy (non-hydrogen) atoms. The van der Waals surface area contributed by atoms with Crippen LogP contribution in [0.2, 0.25) is 0 Å². The number of nitrogens with one attached hydrogen (secondary N) is 1. The number of amides is 3. The van der Waals surface area contributed by atoms with Crippen LogP contribution in [0.25, 0.3) is 0 Å². The molecule has 0 saturated carbocycles. The molecular formula is C11H11IN2O3S. The lowest BCUT2D eigenvalue weighted by Gasteiger charge is -2.28. The predicted molar refractivity (Wildman–Crippen MR) is 75.3 cm³/mol. The van der Waals surface area contributed by atoms with Gasteiger partial charge >= 0.3 is 0 Å². The Labute approximate surface area is 122 Å². The maximum absolute atomic E-state index is 11.9. The number of halogens is 1. The summed E-state index contributed by atoms with van der Waals surface area (Å²) >= 11 is 3.61. The van der Waals surface area contributed by atoms with Gasteiger partial charge in [-0.15, -0.1) is 11.3 Å². The summed E-state index contributed by atoms with van der Waals surface area (Å²) in [6, 6.07) is 1.17. The molecule has 3 amide bonds. The Balaban J connectivity index is 2.04. The van der Waals surface area contributed by atoms with E-state index in [1.807, 2.05) is 0 Å². The Morgan fingerprint density at radius 2 is 2.28 bits per heavy atom. The van der Waals surface area contributed by atoms with Crippen molar-refractivity contribution in [3.05, 3.63) is 19.9 Å². The molecule has 96 valence electrons. The van der Waals surface area contributed by atoms with E-state index < -0.39 is 6.04 Å². The van der Waals surface area contributed by atoms with Crippen LogP contribution >= 0.6 is 33.9 Å². The zero-order valence-corrected chi connectivity index (χ0v) is 12.6. The molecule has 7 heteroatoms. The number of hydrogen-bond acceptors (Lipinski definition) is 4. The summed E-state index contributed by atoms with van der Waals surface area (Å²) in [5.41, 5.74) is 0.553. The van der Waals surface area contributed by atoms with Crippen LogP contribution in [-0.4, -0.2) is 35.7 Å². The molecule has 1 unspecified atom stereocenters. The van der Waals surface area contributed by atoms with Crippen molar-refractivity contribution in [3.8, 4) is 0 Å². The lowest BCUT2D eigenvalue weighted by atomic mass is 10.0.